The van der Waals surface area contributed by atoms with Gasteiger partial charge in [0.1, 0.15) is 0 Å². The van der Waals surface area contributed by atoms with Gasteiger partial charge in [0, 0.05) is 0 Å². The molecule has 0 saturated carbocycles. The molecule has 25 heavy (non-hydrogen) atoms. The summed E-state index contributed by atoms with van der Waals surface area (Å²) in [6.45, 7) is 4.30. The smallest absolute Gasteiger partial charge is 0.464 e. The number of carbonyl (C=O) groups is 2. The summed E-state index contributed by atoms with van der Waals surface area (Å²) in [4.78, 5) is 23.7. The maximum Gasteiger partial charge on any atom is 0.634 e. The van der Waals surface area contributed by atoms with Crippen molar-refractivity contribution in [3.8, 4) is 0 Å². The lowest BCUT2D eigenvalue weighted by Gasteiger charge is -2.20. The van der Waals surface area contributed by atoms with Crippen LogP contribution in [0.1, 0.15) is 65.2 Å². The molecular formula is C16H31BO8. The molecule has 0 heterocycles. The van der Waals surface area contributed by atoms with Gasteiger partial charge in [-0.15, -0.1) is 0 Å². The standard InChI is InChI=1S/C16H31BO8/c1-3-5-7-9-11-23-15(19)13(18)14(25-17(21)22)16(20)24-12-10-8-6-4-2/h13-14,18,21-22H,3-12H2,1-2H3/t13-,14-/m1/s1. The summed E-state index contributed by atoms with van der Waals surface area (Å²) < 4.78 is 14.3. The molecule has 0 radical (unpaired) electrons. The van der Waals surface area contributed by atoms with E-state index in [1.54, 1.807) is 0 Å². The molecular weight excluding hydrogens is 331 g/mol. The van der Waals surface area contributed by atoms with Crippen LogP contribution in [0.5, 0.6) is 0 Å². The first-order valence-electron chi connectivity index (χ1n) is 8.96. The Morgan fingerprint density at radius 2 is 1.32 bits per heavy atom. The highest BCUT2D eigenvalue weighted by Gasteiger charge is 2.38. The molecule has 0 unspecified atom stereocenters. The summed E-state index contributed by atoms with van der Waals surface area (Å²) in [6.07, 6.45) is 3.26. The molecule has 0 spiro atoms. The molecule has 8 nitrogen and oxygen atoms in total. The normalized spacial score (nSPS) is 13.2. The van der Waals surface area contributed by atoms with Crippen LogP contribution >= 0.6 is 0 Å². The zero-order chi connectivity index (χ0) is 19.1. The monoisotopic (exact) mass is 362 g/mol. The average Bonchev–Trinajstić information content (AvgIpc) is 2.58. The van der Waals surface area contributed by atoms with E-state index < -0.39 is 31.5 Å². The number of hydrogen-bond donors (Lipinski definition) is 3. The number of unbranched alkanes of at least 4 members (excludes halogenated alkanes) is 6. The van der Waals surface area contributed by atoms with Gasteiger partial charge in [-0.2, -0.15) is 0 Å². The van der Waals surface area contributed by atoms with Crippen LogP contribution in [-0.2, 0) is 23.7 Å². The maximum absolute atomic E-state index is 11.9. The van der Waals surface area contributed by atoms with Crippen LogP contribution in [0.2, 0.25) is 0 Å². The zero-order valence-electron chi connectivity index (χ0n) is 15.2. The number of rotatable bonds is 15. The fraction of sp³-hybridized carbons (Fsp3) is 0.875. The summed E-state index contributed by atoms with van der Waals surface area (Å²) in [7, 11) is -2.33. The van der Waals surface area contributed by atoms with Crippen molar-refractivity contribution in [1.29, 1.82) is 0 Å². The summed E-state index contributed by atoms with van der Waals surface area (Å²) in [5.74, 6) is -2.11. The molecule has 0 aromatic rings. The summed E-state index contributed by atoms with van der Waals surface area (Å²) in [5.41, 5.74) is 0. The van der Waals surface area contributed by atoms with Crippen molar-refractivity contribution >= 4 is 19.3 Å². The predicted molar refractivity (Wildman–Crippen MR) is 91.3 cm³/mol. The molecule has 0 rings (SSSR count). The topological polar surface area (TPSA) is 123 Å². The third-order valence-corrected chi connectivity index (χ3v) is 3.51. The summed E-state index contributed by atoms with van der Waals surface area (Å²) in [6, 6.07) is 0. The van der Waals surface area contributed by atoms with Crippen molar-refractivity contribution in [3.05, 3.63) is 0 Å². The predicted octanol–water partition coefficient (Wildman–Crippen LogP) is 0.949. The van der Waals surface area contributed by atoms with Gasteiger partial charge in [-0.05, 0) is 12.8 Å². The van der Waals surface area contributed by atoms with Crippen LogP contribution in [0.25, 0.3) is 0 Å². The van der Waals surface area contributed by atoms with Crippen LogP contribution in [-0.4, -0.2) is 59.8 Å². The largest absolute Gasteiger partial charge is 0.634 e. The van der Waals surface area contributed by atoms with Gasteiger partial charge >= 0.3 is 19.3 Å². The van der Waals surface area contributed by atoms with Gasteiger partial charge in [-0.1, -0.05) is 52.4 Å². The molecule has 0 aromatic heterocycles. The molecule has 0 bridgehead atoms. The van der Waals surface area contributed by atoms with E-state index >= 15 is 0 Å². The van der Waals surface area contributed by atoms with E-state index in [2.05, 4.69) is 4.65 Å². The molecule has 3 N–H and O–H groups in total. The highest BCUT2D eigenvalue weighted by atomic mass is 16.7. The quantitative estimate of drug-likeness (QED) is 0.224. The van der Waals surface area contributed by atoms with Crippen molar-refractivity contribution < 1.29 is 38.9 Å². The molecule has 0 aromatic carbocycles. The van der Waals surface area contributed by atoms with Gasteiger partial charge in [-0.3, -0.25) is 0 Å². The van der Waals surface area contributed by atoms with Crippen LogP contribution < -0.4 is 0 Å². The first-order chi connectivity index (χ1) is 11.9. The van der Waals surface area contributed by atoms with Crippen LogP contribution in [0.15, 0.2) is 0 Å². The lowest BCUT2D eigenvalue weighted by molar-refractivity contribution is -0.173. The van der Waals surface area contributed by atoms with Crippen molar-refractivity contribution in [2.75, 3.05) is 13.2 Å². The van der Waals surface area contributed by atoms with Gasteiger partial charge in [0.15, 0.2) is 12.2 Å². The highest BCUT2D eigenvalue weighted by Crippen LogP contribution is 2.08. The van der Waals surface area contributed by atoms with Gasteiger partial charge in [0.2, 0.25) is 0 Å². The second-order valence-corrected chi connectivity index (χ2v) is 5.78. The van der Waals surface area contributed by atoms with Gasteiger partial charge < -0.3 is 29.3 Å². The van der Waals surface area contributed by atoms with E-state index in [0.717, 1.165) is 38.5 Å². The SMILES string of the molecule is CCCCCCOC(=O)[C@H](O)[C@@H](OB(O)O)C(=O)OCCCCCC. The van der Waals surface area contributed by atoms with Crippen LogP contribution in [0.3, 0.4) is 0 Å². The van der Waals surface area contributed by atoms with E-state index in [9.17, 15) is 14.7 Å². The Kier molecular flexibility index (Phi) is 14.4. The lowest BCUT2D eigenvalue weighted by Crippen LogP contribution is -2.46. The van der Waals surface area contributed by atoms with E-state index in [1.807, 2.05) is 13.8 Å². The number of ether oxygens (including phenoxy) is 2. The van der Waals surface area contributed by atoms with Gasteiger partial charge in [0.25, 0.3) is 0 Å². The minimum Gasteiger partial charge on any atom is -0.464 e. The van der Waals surface area contributed by atoms with Crippen molar-refractivity contribution in [2.45, 2.75) is 77.4 Å². The molecule has 9 heteroatoms. The van der Waals surface area contributed by atoms with Crippen LogP contribution in [0, 0.1) is 0 Å². The Balaban J connectivity index is 4.40. The van der Waals surface area contributed by atoms with Gasteiger partial charge in [-0.25, -0.2) is 9.59 Å². The first kappa shape index (κ1) is 23.8. The second kappa shape index (κ2) is 15.1. The Morgan fingerprint density at radius 1 is 0.840 bits per heavy atom. The molecule has 2 atom stereocenters. The number of aliphatic hydroxyl groups excluding tert-OH is 1. The molecule has 0 fully saturated rings. The Hall–Kier alpha value is -1.16. The van der Waals surface area contributed by atoms with Crippen molar-refractivity contribution in [1.82, 2.24) is 0 Å². The number of aliphatic hydroxyl groups is 1. The third kappa shape index (κ3) is 11.9. The third-order valence-electron chi connectivity index (χ3n) is 3.51. The minimum absolute atomic E-state index is 0.0962. The molecule has 146 valence electrons. The van der Waals surface area contributed by atoms with Crippen molar-refractivity contribution in [3.63, 3.8) is 0 Å². The fourth-order valence-electron chi connectivity index (χ4n) is 2.08. The Morgan fingerprint density at radius 3 is 1.76 bits per heavy atom. The molecule has 0 aliphatic carbocycles. The number of carbonyl (C=O) groups excluding carboxylic acids is 2. The summed E-state index contributed by atoms with van der Waals surface area (Å²) in [5, 5.41) is 27.7. The lowest BCUT2D eigenvalue weighted by atomic mass is 10.1. The average molecular weight is 362 g/mol. The second-order valence-electron chi connectivity index (χ2n) is 5.78. The minimum atomic E-state index is -2.33. The highest BCUT2D eigenvalue weighted by molar-refractivity contribution is 6.33. The number of esters is 2. The zero-order valence-corrected chi connectivity index (χ0v) is 15.2. The van der Waals surface area contributed by atoms with Gasteiger partial charge in [0.05, 0.1) is 13.2 Å². The summed E-state index contributed by atoms with van der Waals surface area (Å²) >= 11 is 0. The van der Waals surface area contributed by atoms with E-state index in [0.29, 0.717) is 12.8 Å². The van der Waals surface area contributed by atoms with Crippen molar-refractivity contribution in [2.24, 2.45) is 0 Å². The fourth-order valence-corrected chi connectivity index (χ4v) is 2.08. The van der Waals surface area contributed by atoms with E-state index in [1.165, 1.54) is 0 Å². The van der Waals surface area contributed by atoms with E-state index in [4.69, 9.17) is 19.5 Å². The number of hydrogen-bond acceptors (Lipinski definition) is 8. The van der Waals surface area contributed by atoms with Crippen LogP contribution in [0.4, 0.5) is 0 Å². The Bertz CT molecular complexity index is 364. The first-order valence-corrected chi connectivity index (χ1v) is 8.96. The van der Waals surface area contributed by atoms with E-state index in [-0.39, 0.29) is 13.2 Å². The maximum atomic E-state index is 11.9. The molecule has 0 aliphatic heterocycles. The Labute approximate surface area is 149 Å². The molecule has 0 amide bonds. The molecule has 0 aliphatic rings. The molecule has 0 saturated heterocycles.